The second kappa shape index (κ2) is 23.8. The lowest BCUT2D eigenvalue weighted by Crippen LogP contribution is -2.50. The summed E-state index contributed by atoms with van der Waals surface area (Å²) in [4.78, 5) is 54.9. The van der Waals surface area contributed by atoms with Crippen molar-refractivity contribution in [2.75, 3.05) is 37.6 Å². The lowest BCUT2D eigenvalue weighted by atomic mass is 9.99. The van der Waals surface area contributed by atoms with Gasteiger partial charge in [-0.1, -0.05) is 107 Å². The minimum absolute atomic E-state index is 0.00571. The number of nitrogens with one attached hydrogen (secondary N) is 4. The number of hydrogen-bond donors (Lipinski definition) is 4. The molecule has 3 atom stereocenters. The highest BCUT2D eigenvalue weighted by Gasteiger charge is 2.48. The van der Waals surface area contributed by atoms with Gasteiger partial charge in [-0.25, -0.2) is 15.0 Å². The number of methoxy groups -OCH3 is 1. The van der Waals surface area contributed by atoms with Gasteiger partial charge in [-0.05, 0) is 84.7 Å². The molecular formula is C49H79N5O9Si2. The van der Waals surface area contributed by atoms with Gasteiger partial charge in [0, 0.05) is 30.5 Å². The summed E-state index contributed by atoms with van der Waals surface area (Å²) < 4.78 is 30.3. The number of carbonyl (C=O) groups is 4. The maximum atomic E-state index is 14.7. The Bertz CT molecular complexity index is 1960. The molecule has 4 N–H and O–H groups in total. The Kier molecular flexibility index (Phi) is 20.1. The summed E-state index contributed by atoms with van der Waals surface area (Å²) in [6, 6.07) is 9.67. The third-order valence-electron chi connectivity index (χ3n) is 12.7. The molecule has 2 unspecified atom stereocenters. The van der Waals surface area contributed by atoms with Crippen LogP contribution < -0.4 is 30.6 Å². The molecule has 2 aromatic carbocycles. The van der Waals surface area contributed by atoms with Gasteiger partial charge < -0.3 is 38.7 Å². The molecule has 362 valence electrons. The van der Waals surface area contributed by atoms with Crippen LogP contribution in [0.15, 0.2) is 60.8 Å². The molecule has 0 saturated carbocycles. The predicted octanol–water partition coefficient (Wildman–Crippen LogP) is 10.4. The number of rotatable bonds is 24. The number of ether oxygens (including phenoxy) is 3. The molecule has 0 radical (unpaired) electrons. The molecule has 2 amide bonds. The number of benzene rings is 2. The Balaban J connectivity index is 1.82. The summed E-state index contributed by atoms with van der Waals surface area (Å²) in [6.07, 6.45) is 3.23. The molecule has 1 heterocycles. The van der Waals surface area contributed by atoms with Crippen LogP contribution in [0.2, 0.25) is 34.8 Å². The van der Waals surface area contributed by atoms with Crippen molar-refractivity contribution in [3.05, 3.63) is 72.0 Å². The average molecular weight is 938 g/mol. The van der Waals surface area contributed by atoms with Gasteiger partial charge in [0.15, 0.2) is 14.1 Å². The van der Waals surface area contributed by atoms with E-state index in [-0.39, 0.29) is 70.0 Å². The first kappa shape index (κ1) is 54.8. The van der Waals surface area contributed by atoms with E-state index in [0.717, 1.165) is 16.8 Å². The summed E-state index contributed by atoms with van der Waals surface area (Å²) in [6.45, 7) is 36.1. The van der Waals surface area contributed by atoms with Crippen LogP contribution in [0, 0.1) is 5.92 Å². The van der Waals surface area contributed by atoms with E-state index in [1.165, 1.54) is 6.08 Å². The molecule has 0 aliphatic carbocycles. The van der Waals surface area contributed by atoms with Crippen LogP contribution in [0.25, 0.3) is 0 Å². The molecule has 1 aliphatic rings. The van der Waals surface area contributed by atoms with Crippen LogP contribution in [-0.4, -0.2) is 90.3 Å². The summed E-state index contributed by atoms with van der Waals surface area (Å²) in [5, 5.41) is 6.07. The Hall–Kier alpha value is -4.49. The normalized spacial score (nSPS) is 15.5. The number of esters is 1. The maximum Gasteiger partial charge on any atom is 0.411 e. The van der Waals surface area contributed by atoms with Gasteiger partial charge in [-0.15, -0.1) is 0 Å². The van der Waals surface area contributed by atoms with E-state index in [4.69, 9.17) is 23.1 Å². The lowest BCUT2D eigenvalue weighted by molar-refractivity contribution is -0.154. The van der Waals surface area contributed by atoms with Gasteiger partial charge in [0.2, 0.25) is 0 Å². The van der Waals surface area contributed by atoms with E-state index < -0.39 is 40.5 Å². The van der Waals surface area contributed by atoms with Crippen LogP contribution in [0.3, 0.4) is 0 Å². The first-order valence-electron chi connectivity index (χ1n) is 22.9. The number of hydrogen-bond acceptors (Lipinski definition) is 12. The molecule has 1 aliphatic heterocycles. The van der Waals surface area contributed by atoms with Gasteiger partial charge in [0.25, 0.3) is 20.0 Å². The Morgan fingerprint density at radius 1 is 0.908 bits per heavy atom. The quantitative estimate of drug-likeness (QED) is 0.0259. The average Bonchev–Trinajstić information content (AvgIpc) is 3.61. The number of carbonyl (C=O) groups excluding carboxylic acids is 4. The highest BCUT2D eigenvalue weighted by molar-refractivity contribution is 6.78. The minimum Gasteiger partial charge on any atom is -0.540 e. The van der Waals surface area contributed by atoms with Crippen molar-refractivity contribution in [2.45, 2.75) is 156 Å². The highest BCUT2D eigenvalue weighted by atomic mass is 28.4. The topological polar surface area (TPSA) is 166 Å². The van der Waals surface area contributed by atoms with Crippen LogP contribution in [0.4, 0.5) is 16.2 Å². The van der Waals surface area contributed by atoms with E-state index in [9.17, 15) is 19.2 Å². The second-order valence-corrected chi connectivity index (χ2v) is 30.2. The fourth-order valence-electron chi connectivity index (χ4n) is 8.02. The lowest BCUT2D eigenvalue weighted by Gasteiger charge is -2.42. The molecule has 0 fully saturated rings. The highest BCUT2D eigenvalue weighted by Crippen LogP contribution is 2.46. The fraction of sp³-hybridized carbons (Fsp3) is 0.592. The Morgan fingerprint density at radius 2 is 1.52 bits per heavy atom. The molecule has 0 spiro atoms. The van der Waals surface area contributed by atoms with Gasteiger partial charge in [0.1, 0.15) is 19.0 Å². The molecule has 0 bridgehead atoms. The van der Waals surface area contributed by atoms with Crippen LogP contribution in [0.1, 0.15) is 112 Å². The van der Waals surface area contributed by atoms with Crippen molar-refractivity contribution in [2.24, 2.45) is 5.92 Å². The summed E-state index contributed by atoms with van der Waals surface area (Å²) in [5.74, 6) is -1.07. The molecule has 3 rings (SSSR count). The number of Topliss-reactive ketones (excluding diaryl/α,β-unsaturated/α-hetero) is 1. The van der Waals surface area contributed by atoms with Crippen LogP contribution >= 0.6 is 0 Å². The first-order valence-corrected chi connectivity index (χ1v) is 28.0. The van der Waals surface area contributed by atoms with E-state index in [0.29, 0.717) is 31.1 Å². The van der Waals surface area contributed by atoms with E-state index in [2.05, 4.69) is 103 Å². The zero-order valence-electron chi connectivity index (χ0n) is 42.0. The number of anilines is 2. The van der Waals surface area contributed by atoms with E-state index >= 15 is 0 Å². The van der Waals surface area contributed by atoms with Crippen molar-refractivity contribution in [3.8, 4) is 11.5 Å². The molecule has 2 aromatic rings. The van der Waals surface area contributed by atoms with E-state index in [1.54, 1.807) is 24.1 Å². The fourth-order valence-corrected chi connectivity index (χ4v) is 14.3. The molecule has 16 heteroatoms. The third kappa shape index (κ3) is 14.5. The third-order valence-corrected chi connectivity index (χ3v) is 23.2. The standard InChI is InChI=1S/C49H79N5O9Si2/c1-18-23-60-47(57)45(55)44(31(2)3)50-27-36(11)52-53-38-21-19-37(20-22-38)29-61-48(58)51-41-26-43(63-65(32(4)5,33(6)7)34(8)9)42(59-15)25-40(41)46(56)54-28-35(10)24-39(54)30-62-64(16,17)49(12,13)14/h18-22,25-26,28,31-34,36,39,44,50,52-53H,1,23-24,27,29-30H2,2-17H3,(H,51,58)/t36?,39-,44?/m0/s1. The smallest absolute Gasteiger partial charge is 0.411 e. The second-order valence-electron chi connectivity index (χ2n) is 20.0. The van der Waals surface area contributed by atoms with Crippen molar-refractivity contribution < 1.29 is 42.2 Å². The molecule has 0 saturated heterocycles. The molecule has 14 nitrogen and oxygen atoms in total. The molecule has 0 aromatic heterocycles. The van der Waals surface area contributed by atoms with Crippen LogP contribution in [0.5, 0.6) is 11.5 Å². The summed E-state index contributed by atoms with van der Waals surface area (Å²) in [7, 11) is -3.05. The van der Waals surface area contributed by atoms with Gasteiger partial charge >= 0.3 is 12.1 Å². The predicted molar refractivity (Wildman–Crippen MR) is 265 cm³/mol. The number of nitrogens with zero attached hydrogens (tertiary/aromatic N) is 1. The maximum absolute atomic E-state index is 14.7. The minimum atomic E-state index is -2.50. The Labute approximate surface area is 391 Å². The zero-order valence-corrected chi connectivity index (χ0v) is 44.0. The zero-order chi connectivity index (χ0) is 49.0. The van der Waals surface area contributed by atoms with Crippen molar-refractivity contribution >= 4 is 51.8 Å². The SMILES string of the molecule is C=CCOC(=O)C(=O)C(NCC(C)NNc1ccc(COC(=O)Nc2cc(O[Si](C(C)C)(C(C)C)C(C)C)c(OC)cc2C(=O)N2C=C(C)C[C@H]2CO[Si](C)(C)C(C)(C)C)cc1)C(C)C. The van der Waals surface area contributed by atoms with Crippen molar-refractivity contribution in [1.29, 1.82) is 0 Å². The Morgan fingerprint density at radius 3 is 2.06 bits per heavy atom. The van der Waals surface area contributed by atoms with Gasteiger partial charge in [0.05, 0.1) is 37.1 Å². The van der Waals surface area contributed by atoms with Crippen molar-refractivity contribution in [1.82, 2.24) is 15.6 Å². The monoisotopic (exact) mass is 938 g/mol. The van der Waals surface area contributed by atoms with Gasteiger partial charge in [-0.2, -0.15) is 0 Å². The number of hydrazine groups is 1. The van der Waals surface area contributed by atoms with Crippen LogP contribution in [-0.2, 0) is 30.1 Å². The van der Waals surface area contributed by atoms with Gasteiger partial charge in [-0.3, -0.25) is 14.9 Å². The van der Waals surface area contributed by atoms with E-state index in [1.807, 2.05) is 58.2 Å². The molecule has 65 heavy (non-hydrogen) atoms. The largest absolute Gasteiger partial charge is 0.540 e. The summed E-state index contributed by atoms with van der Waals surface area (Å²) in [5.41, 5.74) is 10.2. The number of amides is 2. The molecular weight excluding hydrogens is 859 g/mol. The summed E-state index contributed by atoms with van der Waals surface area (Å²) >= 11 is 0. The number of ketones is 1. The first-order chi connectivity index (χ1) is 30.3. The van der Waals surface area contributed by atoms with Crippen molar-refractivity contribution in [3.63, 3.8) is 0 Å².